The lowest BCUT2D eigenvalue weighted by molar-refractivity contribution is -0.131. The smallest absolute Gasteiger partial charge is 0.224 e. The molecule has 2 aromatic rings. The van der Waals surface area contributed by atoms with E-state index in [2.05, 4.69) is 0 Å². The Morgan fingerprint density at radius 2 is 1.78 bits per heavy atom. The number of aliphatic hydroxyl groups excluding tert-OH is 2. The van der Waals surface area contributed by atoms with Crippen LogP contribution in [0.25, 0.3) is 0 Å². The van der Waals surface area contributed by atoms with Crippen LogP contribution in [0.15, 0.2) is 36.4 Å². The summed E-state index contributed by atoms with van der Waals surface area (Å²) in [4.78, 5) is 35.9. The fourth-order valence-electron chi connectivity index (χ4n) is 4.65. The Morgan fingerprint density at radius 1 is 1.11 bits per heavy atom. The van der Waals surface area contributed by atoms with Crippen LogP contribution in [0.5, 0.6) is 5.75 Å². The molecule has 36 heavy (non-hydrogen) atoms. The van der Waals surface area contributed by atoms with Crippen molar-refractivity contribution < 1.29 is 42.4 Å². The van der Waals surface area contributed by atoms with Gasteiger partial charge in [-0.1, -0.05) is 24.3 Å². The van der Waals surface area contributed by atoms with E-state index >= 15 is 0 Å². The zero-order valence-electron chi connectivity index (χ0n) is 20.7. The average molecular weight is 510 g/mol. The summed E-state index contributed by atoms with van der Waals surface area (Å²) >= 11 is 0. The molecule has 2 aromatic carbocycles. The number of halogens is 1. The number of aryl methyl sites for hydroxylation is 2. The number of phenolic OH excluding ortho intramolecular Hbond substituents is 1. The number of benzene rings is 2. The molecule has 0 aromatic heterocycles. The maximum absolute atomic E-state index is 12.5. The second-order valence-corrected chi connectivity index (χ2v) is 9.11. The molecule has 0 saturated heterocycles. The Balaban J connectivity index is 0. The number of carbonyl (C=O) groups is 3. The first-order valence-electron chi connectivity index (χ1n) is 11.7. The van der Waals surface area contributed by atoms with Gasteiger partial charge in [0.15, 0.2) is 5.78 Å². The van der Waals surface area contributed by atoms with E-state index in [0.29, 0.717) is 24.0 Å². The van der Waals surface area contributed by atoms with Crippen molar-refractivity contribution in [2.75, 3.05) is 13.2 Å². The molecule has 3 atom stereocenters. The topological polar surface area (TPSA) is 169 Å². The molecule has 1 aliphatic carbocycles. The Labute approximate surface area is 213 Å². The van der Waals surface area contributed by atoms with Crippen molar-refractivity contribution in [2.24, 2.45) is 23.5 Å². The summed E-state index contributed by atoms with van der Waals surface area (Å²) in [6.07, 6.45) is 1.09. The van der Waals surface area contributed by atoms with E-state index in [1.54, 1.807) is 25.1 Å². The number of phenols is 1. The van der Waals surface area contributed by atoms with Gasteiger partial charge in [0.25, 0.3) is 0 Å². The summed E-state index contributed by atoms with van der Waals surface area (Å²) in [5.41, 5.74) is 7.89. The molecular formula is C27H40FNO7. The fourth-order valence-corrected chi connectivity index (χ4v) is 4.65. The van der Waals surface area contributed by atoms with Gasteiger partial charge in [-0.25, -0.2) is 4.39 Å². The number of fused-ring (bicyclic) bond motifs is 1. The zero-order valence-corrected chi connectivity index (χ0v) is 20.7. The van der Waals surface area contributed by atoms with E-state index in [1.165, 1.54) is 12.1 Å². The van der Waals surface area contributed by atoms with Gasteiger partial charge < -0.3 is 26.5 Å². The Bertz CT molecular complexity index is 1050. The molecule has 0 fully saturated rings. The number of amides is 1. The van der Waals surface area contributed by atoms with E-state index in [9.17, 15) is 34.1 Å². The number of aliphatic hydroxyl groups is 2. The minimum absolute atomic E-state index is 0. The van der Waals surface area contributed by atoms with Crippen LogP contribution in [0.1, 0.15) is 55.6 Å². The molecule has 1 amide bonds. The van der Waals surface area contributed by atoms with E-state index in [1.807, 2.05) is 13.0 Å². The summed E-state index contributed by atoms with van der Waals surface area (Å²) < 4.78 is 12.3. The molecule has 7 N–H and O–H groups in total. The van der Waals surface area contributed by atoms with Gasteiger partial charge in [-0.3, -0.25) is 14.4 Å². The molecule has 202 valence electrons. The number of nitrogens with two attached hydrogens (primary N) is 1. The molecule has 0 aliphatic heterocycles. The first-order chi connectivity index (χ1) is 16.6. The van der Waals surface area contributed by atoms with Crippen LogP contribution < -0.4 is 5.73 Å². The second kappa shape index (κ2) is 14.4. The number of carbonyl (C=O) groups excluding carboxylic acids is 3. The molecule has 0 bridgehead atoms. The van der Waals surface area contributed by atoms with Crippen LogP contribution in [0.4, 0.5) is 4.39 Å². The number of hydrogen-bond acceptors (Lipinski definition) is 6. The first kappa shape index (κ1) is 30.9. The van der Waals surface area contributed by atoms with E-state index < -0.39 is 30.6 Å². The lowest BCUT2D eigenvalue weighted by atomic mass is 9.73. The van der Waals surface area contributed by atoms with Crippen LogP contribution in [-0.2, 0) is 16.0 Å². The van der Waals surface area contributed by atoms with Gasteiger partial charge in [-0.15, -0.1) is 0 Å². The van der Waals surface area contributed by atoms with Crippen LogP contribution >= 0.6 is 0 Å². The van der Waals surface area contributed by atoms with Crippen molar-refractivity contribution in [3.8, 4) is 5.75 Å². The average Bonchev–Trinajstić information content (AvgIpc) is 2.79. The minimum atomic E-state index is -0.800. The molecule has 0 radical (unpaired) electrons. The van der Waals surface area contributed by atoms with Gasteiger partial charge in [0, 0.05) is 21.8 Å². The van der Waals surface area contributed by atoms with Crippen LogP contribution in [0, 0.1) is 37.4 Å². The summed E-state index contributed by atoms with van der Waals surface area (Å²) in [5.74, 6) is -2.72. The van der Waals surface area contributed by atoms with Crippen LogP contribution in [0.3, 0.4) is 0 Å². The maximum Gasteiger partial charge on any atom is 0.224 e. The number of Topliss-reactive ketones (excluding diaryl/α,β-unsaturated/α-hetero) is 2. The van der Waals surface area contributed by atoms with Crippen molar-refractivity contribution >= 4 is 17.5 Å². The second-order valence-electron chi connectivity index (χ2n) is 9.11. The van der Waals surface area contributed by atoms with Crippen molar-refractivity contribution in [2.45, 2.75) is 46.0 Å². The summed E-state index contributed by atoms with van der Waals surface area (Å²) in [6, 6.07) is 9.98. The molecule has 3 unspecified atom stereocenters. The third kappa shape index (κ3) is 8.22. The van der Waals surface area contributed by atoms with E-state index in [4.69, 9.17) is 5.73 Å². The molecule has 1 aliphatic rings. The summed E-state index contributed by atoms with van der Waals surface area (Å²) in [7, 11) is 0. The standard InChI is InChI=1S/C20H27NO6.C7H7F.H2O.2H2/c1-11-2-3-16(24)20-14(11)7-12(8-18(20)26)6-13(4-5-22)15(10-23)17(25)9-19(21)27;1-6-4-2-3-5-7(6)8;;;/h2-3,12-13,15,22-24H,4-10H2,1H3,(H2,21,27);2-5H,1H3;1H2;2*1H. The predicted molar refractivity (Wildman–Crippen MR) is 137 cm³/mol. The predicted octanol–water partition coefficient (Wildman–Crippen LogP) is 2.69. The third-order valence-electron chi connectivity index (χ3n) is 6.51. The quantitative estimate of drug-likeness (QED) is 0.379. The maximum atomic E-state index is 12.5. The summed E-state index contributed by atoms with van der Waals surface area (Å²) in [5, 5.41) is 29.1. The Kier molecular flexibility index (Phi) is 12.4. The fraction of sp³-hybridized carbons (Fsp3) is 0.444. The number of aromatic hydroxyl groups is 1. The van der Waals surface area contributed by atoms with Crippen molar-refractivity contribution in [3.05, 3.63) is 64.5 Å². The number of hydrogen-bond donors (Lipinski definition) is 4. The van der Waals surface area contributed by atoms with Crippen LogP contribution in [-0.4, -0.2) is 51.5 Å². The number of primary amides is 1. The minimum Gasteiger partial charge on any atom is -0.507 e. The van der Waals surface area contributed by atoms with E-state index in [-0.39, 0.29) is 57.0 Å². The van der Waals surface area contributed by atoms with Gasteiger partial charge in [0.1, 0.15) is 17.3 Å². The van der Waals surface area contributed by atoms with E-state index in [0.717, 1.165) is 11.1 Å². The van der Waals surface area contributed by atoms with Crippen molar-refractivity contribution in [1.82, 2.24) is 0 Å². The van der Waals surface area contributed by atoms with Gasteiger partial charge in [-0.2, -0.15) is 0 Å². The highest BCUT2D eigenvalue weighted by atomic mass is 19.1. The van der Waals surface area contributed by atoms with Gasteiger partial charge in [-0.05, 0) is 73.8 Å². The molecule has 0 saturated carbocycles. The lowest BCUT2D eigenvalue weighted by Crippen LogP contribution is -2.33. The van der Waals surface area contributed by atoms with Gasteiger partial charge in [0.05, 0.1) is 18.6 Å². The Morgan fingerprint density at radius 3 is 2.31 bits per heavy atom. The highest BCUT2D eigenvalue weighted by molar-refractivity contribution is 6.01. The number of rotatable bonds is 9. The van der Waals surface area contributed by atoms with Crippen molar-refractivity contribution in [1.29, 1.82) is 0 Å². The monoisotopic (exact) mass is 509 g/mol. The molecule has 0 spiro atoms. The van der Waals surface area contributed by atoms with Crippen LogP contribution in [0.2, 0.25) is 0 Å². The van der Waals surface area contributed by atoms with Crippen molar-refractivity contribution in [3.63, 3.8) is 0 Å². The van der Waals surface area contributed by atoms with Gasteiger partial charge >= 0.3 is 0 Å². The first-order valence-corrected chi connectivity index (χ1v) is 11.7. The zero-order chi connectivity index (χ0) is 26.1. The normalized spacial score (nSPS) is 16.0. The Hall–Kier alpha value is -3.14. The molecular weight excluding hydrogens is 469 g/mol. The number of ketones is 2. The molecule has 8 nitrogen and oxygen atoms in total. The molecule has 9 heteroatoms. The SMILES string of the molecule is Cc1ccc(O)c2c1CC(CC(CCO)C(CO)C(=O)CC(N)=O)CC2=O.Cc1ccccc1F.O.[HH].[HH]. The third-order valence-corrected chi connectivity index (χ3v) is 6.51. The van der Waals surface area contributed by atoms with Gasteiger partial charge in [0.2, 0.25) is 5.91 Å². The lowest BCUT2D eigenvalue weighted by Gasteiger charge is -2.31. The highest BCUT2D eigenvalue weighted by Gasteiger charge is 2.34. The molecule has 3 rings (SSSR count). The summed E-state index contributed by atoms with van der Waals surface area (Å²) in [6.45, 7) is 3.03. The largest absolute Gasteiger partial charge is 0.507 e. The molecule has 0 heterocycles. The highest BCUT2D eigenvalue weighted by Crippen LogP contribution is 2.37.